The zero-order valence-corrected chi connectivity index (χ0v) is 58.0. The van der Waals surface area contributed by atoms with Crippen LogP contribution >= 0.6 is 0 Å². The van der Waals surface area contributed by atoms with Gasteiger partial charge in [-0.2, -0.15) is 0 Å². The van der Waals surface area contributed by atoms with E-state index >= 15 is 0 Å². The van der Waals surface area contributed by atoms with Crippen LogP contribution in [0.1, 0.15) is 117 Å². The summed E-state index contributed by atoms with van der Waals surface area (Å²) in [6.45, 7) is 11.2. The molecular formula is C62H113N13O24. The zero-order chi connectivity index (χ0) is 73.5. The van der Waals surface area contributed by atoms with E-state index in [2.05, 4.69) is 47.5 Å². The molecule has 37 heteroatoms. The first-order chi connectivity index (χ1) is 47.6. The van der Waals surface area contributed by atoms with Gasteiger partial charge in [0.25, 0.3) is 0 Å². The number of hydrogen-bond donors (Lipinski definition) is 13. The molecule has 0 radical (unpaired) electrons. The Labute approximate surface area is 579 Å². The minimum atomic E-state index is -1.58. The molecule has 0 bridgehead atoms. The van der Waals surface area contributed by atoms with Crippen LogP contribution < -0.4 is 65.5 Å². The number of carbonyl (C=O) groups is 12. The molecule has 37 nitrogen and oxygen atoms in total. The number of Topliss-reactive ketones (excluding diaryl/α,β-unsaturated/α-hetero) is 1. The van der Waals surface area contributed by atoms with Gasteiger partial charge < -0.3 is 127 Å². The van der Waals surface area contributed by atoms with Gasteiger partial charge in [-0.1, -0.05) is 39.0 Å². The van der Waals surface area contributed by atoms with Crippen molar-refractivity contribution in [1.82, 2.24) is 42.5 Å². The number of ether oxygens (including phenoxy) is 11. The molecule has 1 rings (SSSR count). The van der Waals surface area contributed by atoms with Gasteiger partial charge in [-0.05, 0) is 64.7 Å². The van der Waals surface area contributed by atoms with Crippen LogP contribution in [0.25, 0.3) is 0 Å². The molecule has 0 aliphatic heterocycles. The average Bonchev–Trinajstić information content (AvgIpc) is 0.885. The van der Waals surface area contributed by atoms with Crippen LogP contribution in [0.3, 0.4) is 0 Å². The molecule has 1 saturated carbocycles. The van der Waals surface area contributed by atoms with E-state index in [4.69, 9.17) is 75.0 Å². The Morgan fingerprint density at radius 3 is 1.35 bits per heavy atom. The lowest BCUT2D eigenvalue weighted by molar-refractivity contribution is -0.138. The van der Waals surface area contributed by atoms with Crippen molar-refractivity contribution in [3.05, 3.63) is 0 Å². The maximum atomic E-state index is 13.7. The van der Waals surface area contributed by atoms with Crippen LogP contribution in [0.15, 0.2) is 4.99 Å². The van der Waals surface area contributed by atoms with E-state index in [0.29, 0.717) is 111 Å². The van der Waals surface area contributed by atoms with Crippen molar-refractivity contribution in [2.24, 2.45) is 33.8 Å². The summed E-state index contributed by atoms with van der Waals surface area (Å²) in [5.74, 6) is -6.61. The first kappa shape index (κ1) is 91.5. The molecule has 1 aliphatic rings. The number of carboxylic acids is 1. The maximum absolute atomic E-state index is 13.7. The van der Waals surface area contributed by atoms with Gasteiger partial charge in [-0.3, -0.25) is 52.9 Å². The number of ketones is 1. The Balaban J connectivity index is 0.00000199. The number of aliphatic carboxylic acids is 1. The van der Waals surface area contributed by atoms with Crippen LogP contribution in [-0.4, -0.2) is 278 Å². The fourth-order valence-electron chi connectivity index (χ4n) is 8.71. The van der Waals surface area contributed by atoms with E-state index in [-0.39, 0.29) is 141 Å². The van der Waals surface area contributed by atoms with Crippen molar-refractivity contribution in [3.63, 3.8) is 0 Å². The van der Waals surface area contributed by atoms with Crippen molar-refractivity contribution in [2.75, 3.05) is 171 Å². The molecule has 0 saturated heterocycles. The molecule has 17 N–H and O–H groups in total. The lowest BCUT2D eigenvalue weighted by Gasteiger charge is -2.28. The van der Waals surface area contributed by atoms with Crippen LogP contribution in [-0.2, 0) is 105 Å². The number of carboxylic acid groups (broad SMARTS) is 1. The minimum Gasteiger partial charge on any atom is -0.481 e. The van der Waals surface area contributed by atoms with Gasteiger partial charge in [-0.15, -0.1) is 0 Å². The Morgan fingerprint density at radius 1 is 0.444 bits per heavy atom. The smallest absolute Gasteiger partial charge is 0.407 e. The second kappa shape index (κ2) is 62.7. The highest BCUT2D eigenvalue weighted by atomic mass is 16.6. The Morgan fingerprint density at radius 2 is 0.889 bits per heavy atom. The number of nitrogens with one attached hydrogen (secondary N) is 8. The molecule has 4 atom stereocenters. The van der Waals surface area contributed by atoms with Crippen molar-refractivity contribution >= 4 is 77.0 Å². The molecule has 0 aromatic rings. The summed E-state index contributed by atoms with van der Waals surface area (Å²) in [7, 11) is 0. The highest BCUT2D eigenvalue weighted by Crippen LogP contribution is 2.27. The highest BCUT2D eigenvalue weighted by molar-refractivity contribution is 5.97. The van der Waals surface area contributed by atoms with Gasteiger partial charge in [-0.25, -0.2) is 4.79 Å². The Hall–Kier alpha value is -7.49. The second-order valence-corrected chi connectivity index (χ2v) is 22.2. The molecule has 0 aromatic heterocycles. The van der Waals surface area contributed by atoms with Gasteiger partial charge in [0, 0.05) is 58.8 Å². The Kier molecular flexibility index (Phi) is 58.0. The summed E-state index contributed by atoms with van der Waals surface area (Å²) in [5.41, 5.74) is 21.1. The predicted octanol–water partition coefficient (Wildman–Crippen LogP) is -3.41. The van der Waals surface area contributed by atoms with Crippen LogP contribution in [0.5, 0.6) is 0 Å². The van der Waals surface area contributed by atoms with E-state index < -0.39 is 90.9 Å². The van der Waals surface area contributed by atoms with Gasteiger partial charge in [0.15, 0.2) is 5.96 Å². The molecule has 0 heterocycles. The molecule has 570 valence electrons. The maximum Gasteiger partial charge on any atom is 0.407 e. The number of alkyl carbamates (subject to hydrolysis) is 1. The number of nitrogens with zero attached hydrogens (tertiary/aromatic N) is 1. The zero-order valence-electron chi connectivity index (χ0n) is 58.0. The number of amides is 10. The summed E-state index contributed by atoms with van der Waals surface area (Å²) in [4.78, 5) is 150. The largest absolute Gasteiger partial charge is 0.481 e. The lowest BCUT2D eigenvalue weighted by Crippen LogP contribution is -2.59. The molecule has 10 amide bonds. The molecule has 0 aromatic carbocycles. The molecule has 1 aliphatic carbocycles. The summed E-state index contributed by atoms with van der Waals surface area (Å²) < 4.78 is 57.5. The van der Waals surface area contributed by atoms with E-state index in [1.54, 1.807) is 6.92 Å². The number of guanidine groups is 1. The number of nitrogens with two attached hydrogens (primary N) is 4. The normalized spacial score (nSPS) is 13.1. The molecule has 0 spiro atoms. The summed E-state index contributed by atoms with van der Waals surface area (Å²) in [6.07, 6.45) is 5.19. The number of unbranched alkanes of at least 4 members (excludes halogenated alkanes) is 1. The molecule has 99 heavy (non-hydrogen) atoms. The third-order valence-corrected chi connectivity index (χ3v) is 13.6. The average molecular weight is 1420 g/mol. The van der Waals surface area contributed by atoms with Crippen LogP contribution in [0.4, 0.5) is 4.79 Å². The van der Waals surface area contributed by atoms with E-state index in [1.165, 1.54) is 6.92 Å². The third-order valence-electron chi connectivity index (χ3n) is 13.6. The standard InChI is InChI=1S/C35H63N9O11.C27H50N4O13/c1-3-17-55-35(52)44-24(12-8-9-15-40-34(37)38)31(49)41-25(13-14-29(46)47)32(50)43-27(22-28(36)45)33(51)42-26(21-23-10-6-5-7-11-23)30(48)39-16-18-54-20-19-53-4-2;1-23(32)3-2-7-37-11-16-42-20-25(34)30-5-9-39-13-18-44-22-27(36)31-6-10-40-14-17-43-21-26(35)29-4-8-38-12-15-41-19-24(28)33/h23-27H,3-22H2,1-2H3,(H2,36,45)(H,39,48)(H,41,49)(H,42,51)(H,43,50)(H,44,52)(H,46,47)(H4,37,38,40);2-22H2,1H3,(H2,28,33)(H,29,35)(H,30,34)(H,31,36)/t24-,25-,26-,27-;/m0./s1. The number of hydrogen-bond acceptors (Lipinski definition) is 24. The van der Waals surface area contributed by atoms with Gasteiger partial charge in [0.05, 0.1) is 106 Å². The van der Waals surface area contributed by atoms with Crippen LogP contribution in [0.2, 0.25) is 0 Å². The number of carbonyl (C=O) groups excluding carboxylic acids is 11. The lowest BCUT2D eigenvalue weighted by atomic mass is 9.84. The van der Waals surface area contributed by atoms with Crippen molar-refractivity contribution in [2.45, 2.75) is 141 Å². The summed E-state index contributed by atoms with van der Waals surface area (Å²) >= 11 is 0. The number of primary amides is 2. The first-order valence-corrected chi connectivity index (χ1v) is 33.6. The number of rotatable bonds is 62. The summed E-state index contributed by atoms with van der Waals surface area (Å²) in [5, 5.41) is 30.1. The SMILES string of the molecule is CC(=O)CCCOCCOCC(=O)NCCOCCOCC(=O)NCCOCCOCC(=O)NCCOCCOCC(N)=O.CCCOC(=O)N[C@@H](CCCCN=C(N)N)C(=O)N[C@@H](CCC(=O)O)C(=O)N[C@@H](CC(N)=O)C(=O)N[C@@H](CC1CCCCC1)C(=O)NCCOCCOCC. The quantitative estimate of drug-likeness (QED) is 0.0160. The fraction of sp³-hybridized carbons (Fsp3) is 0.790. The van der Waals surface area contributed by atoms with Gasteiger partial charge >= 0.3 is 12.1 Å². The molecule has 1 fully saturated rings. The van der Waals surface area contributed by atoms with E-state index in [9.17, 15) is 62.6 Å². The van der Waals surface area contributed by atoms with Gasteiger partial charge in [0.1, 0.15) is 56.4 Å². The second-order valence-electron chi connectivity index (χ2n) is 22.2. The van der Waals surface area contributed by atoms with Crippen LogP contribution in [0, 0.1) is 5.92 Å². The molecular weight excluding hydrogens is 1310 g/mol. The predicted molar refractivity (Wildman–Crippen MR) is 356 cm³/mol. The third kappa shape index (κ3) is 58.1. The van der Waals surface area contributed by atoms with Crippen molar-refractivity contribution < 1.29 is 115 Å². The Bertz CT molecular complexity index is 2260. The van der Waals surface area contributed by atoms with E-state index in [0.717, 1.165) is 32.1 Å². The monoisotopic (exact) mass is 1420 g/mol. The number of aliphatic imine (C=N–C) groups is 1. The van der Waals surface area contributed by atoms with Crippen molar-refractivity contribution in [3.8, 4) is 0 Å². The topological polar surface area (TPSA) is 539 Å². The van der Waals surface area contributed by atoms with E-state index in [1.807, 2.05) is 6.92 Å². The minimum absolute atomic E-state index is 0.0782. The van der Waals surface area contributed by atoms with Crippen molar-refractivity contribution in [1.29, 1.82) is 0 Å². The first-order valence-electron chi connectivity index (χ1n) is 33.6. The fourth-order valence-corrected chi connectivity index (χ4v) is 8.71. The molecule has 0 unspecified atom stereocenters. The summed E-state index contributed by atoms with van der Waals surface area (Å²) in [6, 6.07) is -5.32. The highest BCUT2D eigenvalue weighted by Gasteiger charge is 2.34. The van der Waals surface area contributed by atoms with Gasteiger partial charge in [0.2, 0.25) is 53.2 Å².